The maximum absolute atomic E-state index is 5.33. The molecular formula is C10H15N5OS. The molecule has 0 bridgehead atoms. The Hall–Kier alpha value is -1.47. The third-order valence-electron chi connectivity index (χ3n) is 2.51. The van der Waals surface area contributed by atoms with E-state index < -0.39 is 0 Å². The van der Waals surface area contributed by atoms with E-state index in [-0.39, 0.29) is 6.04 Å². The summed E-state index contributed by atoms with van der Waals surface area (Å²) < 4.78 is 11.0. The van der Waals surface area contributed by atoms with Crippen LogP contribution >= 0.6 is 11.5 Å². The highest BCUT2D eigenvalue weighted by Crippen LogP contribution is 2.30. The highest BCUT2D eigenvalue weighted by Gasteiger charge is 2.23. The Morgan fingerprint density at radius 1 is 1.53 bits per heavy atom. The maximum atomic E-state index is 5.33. The van der Waals surface area contributed by atoms with Crippen molar-refractivity contribution >= 4 is 11.5 Å². The van der Waals surface area contributed by atoms with E-state index in [1.807, 2.05) is 11.7 Å². The van der Waals surface area contributed by atoms with Gasteiger partial charge in [0.05, 0.1) is 30.4 Å². The van der Waals surface area contributed by atoms with Crippen LogP contribution in [0.1, 0.15) is 23.5 Å². The summed E-state index contributed by atoms with van der Waals surface area (Å²) in [4.78, 5) is 1.05. The van der Waals surface area contributed by atoms with Crippen molar-refractivity contribution in [1.82, 2.24) is 24.7 Å². The Bertz CT molecular complexity index is 467. The van der Waals surface area contributed by atoms with Gasteiger partial charge in [0.15, 0.2) is 5.75 Å². The number of ether oxygens (including phenoxy) is 1. The summed E-state index contributed by atoms with van der Waals surface area (Å²) in [5.41, 5.74) is 0.986. The summed E-state index contributed by atoms with van der Waals surface area (Å²) in [6, 6.07) is 0.0162. The zero-order valence-electron chi connectivity index (χ0n) is 10.0. The fourth-order valence-corrected chi connectivity index (χ4v) is 2.33. The van der Waals surface area contributed by atoms with Crippen molar-refractivity contribution in [1.29, 1.82) is 0 Å². The highest BCUT2D eigenvalue weighted by molar-refractivity contribution is 7.05. The van der Waals surface area contributed by atoms with Gasteiger partial charge in [0, 0.05) is 7.05 Å². The van der Waals surface area contributed by atoms with E-state index in [4.69, 9.17) is 4.74 Å². The third kappa shape index (κ3) is 2.29. The first kappa shape index (κ1) is 12.0. The van der Waals surface area contributed by atoms with Crippen LogP contribution in [0, 0.1) is 0 Å². The molecular weight excluding hydrogens is 238 g/mol. The summed E-state index contributed by atoms with van der Waals surface area (Å²) in [7, 11) is 3.55. The quantitative estimate of drug-likeness (QED) is 0.860. The van der Waals surface area contributed by atoms with Gasteiger partial charge in [-0.15, -0.1) is 5.10 Å². The predicted octanol–water partition coefficient (Wildman–Crippen LogP) is 0.979. The monoisotopic (exact) mass is 253 g/mol. The Morgan fingerprint density at radius 2 is 2.35 bits per heavy atom. The molecule has 2 rings (SSSR count). The van der Waals surface area contributed by atoms with E-state index >= 15 is 0 Å². The van der Waals surface area contributed by atoms with Gasteiger partial charge < -0.3 is 10.1 Å². The second-order valence-electron chi connectivity index (χ2n) is 3.53. The van der Waals surface area contributed by atoms with E-state index in [2.05, 4.69) is 26.9 Å². The predicted molar refractivity (Wildman–Crippen MR) is 65.2 cm³/mol. The summed E-state index contributed by atoms with van der Waals surface area (Å²) in [5, 5.41) is 11.5. The second kappa shape index (κ2) is 5.24. The van der Waals surface area contributed by atoms with Crippen LogP contribution in [0.3, 0.4) is 0 Å². The molecule has 2 aromatic heterocycles. The average Bonchev–Trinajstić information content (AvgIpc) is 2.95. The van der Waals surface area contributed by atoms with Gasteiger partial charge in [-0.25, -0.2) is 0 Å². The molecule has 0 amide bonds. The van der Waals surface area contributed by atoms with Gasteiger partial charge in [-0.2, -0.15) is 5.10 Å². The van der Waals surface area contributed by atoms with Crippen LogP contribution in [-0.2, 0) is 7.05 Å². The van der Waals surface area contributed by atoms with Gasteiger partial charge in [-0.3, -0.25) is 4.68 Å². The molecule has 2 heterocycles. The van der Waals surface area contributed by atoms with Gasteiger partial charge in [-0.1, -0.05) is 11.4 Å². The van der Waals surface area contributed by atoms with Crippen molar-refractivity contribution in [2.45, 2.75) is 13.0 Å². The molecule has 0 saturated heterocycles. The van der Waals surface area contributed by atoms with Crippen LogP contribution in [0.25, 0.3) is 0 Å². The van der Waals surface area contributed by atoms with Crippen molar-refractivity contribution < 1.29 is 4.74 Å². The summed E-state index contributed by atoms with van der Waals surface area (Å²) in [6.07, 6.45) is 3.48. The molecule has 7 heteroatoms. The Labute approximate surface area is 104 Å². The minimum atomic E-state index is 0.0162. The van der Waals surface area contributed by atoms with Crippen LogP contribution in [0.4, 0.5) is 0 Å². The molecule has 92 valence electrons. The molecule has 6 nitrogen and oxygen atoms in total. The molecule has 1 N–H and O–H groups in total. The zero-order chi connectivity index (χ0) is 12.3. The lowest BCUT2D eigenvalue weighted by molar-refractivity contribution is 0.401. The molecule has 0 fully saturated rings. The molecule has 0 spiro atoms. The lowest BCUT2D eigenvalue weighted by Gasteiger charge is -2.17. The third-order valence-corrected chi connectivity index (χ3v) is 3.24. The standard InChI is InChI=1S/C10H15N5OS/c1-4-11-9(8-6-12-14-17-8)10-7(16-3)5-13-15(10)2/h5-6,9,11H,4H2,1-3H3. The molecule has 0 aliphatic carbocycles. The fourth-order valence-electron chi connectivity index (χ4n) is 1.75. The van der Waals surface area contributed by atoms with Gasteiger partial charge in [0.1, 0.15) is 5.69 Å². The molecule has 0 saturated carbocycles. The maximum Gasteiger partial charge on any atom is 0.161 e. The van der Waals surface area contributed by atoms with E-state index in [1.54, 1.807) is 19.5 Å². The Balaban J connectivity index is 2.42. The van der Waals surface area contributed by atoms with Crippen LogP contribution < -0.4 is 10.1 Å². The first-order valence-electron chi connectivity index (χ1n) is 5.34. The zero-order valence-corrected chi connectivity index (χ0v) is 10.9. The van der Waals surface area contributed by atoms with E-state index in [0.717, 1.165) is 22.9 Å². The van der Waals surface area contributed by atoms with Crippen LogP contribution in [-0.4, -0.2) is 33.0 Å². The summed E-state index contributed by atoms with van der Waals surface area (Å²) >= 11 is 1.38. The largest absolute Gasteiger partial charge is 0.493 e. The van der Waals surface area contributed by atoms with Gasteiger partial charge in [0.25, 0.3) is 0 Å². The molecule has 0 radical (unpaired) electrons. The van der Waals surface area contributed by atoms with Crippen LogP contribution in [0.5, 0.6) is 5.75 Å². The average molecular weight is 253 g/mol. The van der Waals surface area contributed by atoms with E-state index in [1.165, 1.54) is 11.5 Å². The lowest BCUT2D eigenvalue weighted by Crippen LogP contribution is -2.24. The normalized spacial score (nSPS) is 12.6. The molecule has 2 aromatic rings. The highest BCUT2D eigenvalue weighted by atomic mass is 32.1. The minimum absolute atomic E-state index is 0.0162. The molecule has 17 heavy (non-hydrogen) atoms. The van der Waals surface area contributed by atoms with Gasteiger partial charge in [-0.05, 0) is 18.1 Å². The number of hydrogen-bond donors (Lipinski definition) is 1. The van der Waals surface area contributed by atoms with Gasteiger partial charge in [0.2, 0.25) is 0 Å². The fraction of sp³-hybridized carbons (Fsp3) is 0.500. The molecule has 0 aliphatic rings. The van der Waals surface area contributed by atoms with Gasteiger partial charge >= 0.3 is 0 Å². The van der Waals surface area contributed by atoms with Crippen molar-refractivity contribution in [3.8, 4) is 5.75 Å². The number of rotatable bonds is 5. The molecule has 1 unspecified atom stereocenters. The number of hydrogen-bond acceptors (Lipinski definition) is 6. The first-order chi connectivity index (χ1) is 8.27. The van der Waals surface area contributed by atoms with E-state index in [9.17, 15) is 0 Å². The molecule has 1 atom stereocenters. The molecule has 0 aliphatic heterocycles. The van der Waals surface area contributed by atoms with Crippen LogP contribution in [0.15, 0.2) is 12.4 Å². The van der Waals surface area contributed by atoms with Crippen molar-refractivity contribution in [2.75, 3.05) is 13.7 Å². The second-order valence-corrected chi connectivity index (χ2v) is 4.35. The number of aromatic nitrogens is 4. The summed E-state index contributed by atoms with van der Waals surface area (Å²) in [6.45, 7) is 2.90. The first-order valence-corrected chi connectivity index (χ1v) is 6.11. The minimum Gasteiger partial charge on any atom is -0.493 e. The Kier molecular flexibility index (Phi) is 3.70. The molecule has 0 aromatic carbocycles. The van der Waals surface area contributed by atoms with Crippen molar-refractivity contribution in [3.05, 3.63) is 23.0 Å². The van der Waals surface area contributed by atoms with E-state index in [0.29, 0.717) is 0 Å². The van der Waals surface area contributed by atoms with Crippen molar-refractivity contribution in [2.24, 2.45) is 7.05 Å². The number of aryl methyl sites for hydroxylation is 1. The van der Waals surface area contributed by atoms with Crippen LogP contribution in [0.2, 0.25) is 0 Å². The smallest absolute Gasteiger partial charge is 0.161 e. The number of nitrogens with zero attached hydrogens (tertiary/aromatic N) is 4. The topological polar surface area (TPSA) is 64.9 Å². The lowest BCUT2D eigenvalue weighted by atomic mass is 10.1. The SMILES string of the molecule is CCNC(c1cnns1)c1c(OC)cnn1C. The number of nitrogens with one attached hydrogen (secondary N) is 1. The number of methoxy groups -OCH3 is 1. The Morgan fingerprint density at radius 3 is 2.94 bits per heavy atom. The van der Waals surface area contributed by atoms with Crippen molar-refractivity contribution in [3.63, 3.8) is 0 Å². The summed E-state index contributed by atoms with van der Waals surface area (Å²) in [5.74, 6) is 0.770.